The number of alkyl halides is 3. The summed E-state index contributed by atoms with van der Waals surface area (Å²) in [4.78, 5) is 20.9. The molecule has 0 unspecified atom stereocenters. The van der Waals surface area contributed by atoms with E-state index in [1.54, 1.807) is 36.5 Å². The van der Waals surface area contributed by atoms with Crippen LogP contribution in [-0.2, 0) is 6.18 Å². The monoisotopic (exact) mass is 490 g/mol. The highest BCUT2D eigenvalue weighted by Crippen LogP contribution is 2.35. The molecule has 0 saturated carbocycles. The van der Waals surface area contributed by atoms with Crippen molar-refractivity contribution < 1.29 is 22.7 Å². The van der Waals surface area contributed by atoms with E-state index in [2.05, 4.69) is 30.8 Å². The predicted molar refractivity (Wildman–Crippen MR) is 128 cm³/mol. The number of carbonyl (C=O) groups excluding carboxylic acids is 1. The number of ether oxygens (including phenoxy) is 1. The molecule has 5 rings (SSSR count). The molecule has 2 aromatic heterocycles. The normalized spacial score (nSPS) is 11.3. The zero-order chi connectivity index (χ0) is 25.1. The van der Waals surface area contributed by atoms with E-state index in [1.807, 2.05) is 18.2 Å². The first kappa shape index (κ1) is 22.8. The van der Waals surface area contributed by atoms with Crippen LogP contribution in [0, 0.1) is 0 Å². The number of nitrogens with zero attached hydrogens (tertiary/aromatic N) is 3. The maximum atomic E-state index is 12.9. The Hall–Kier alpha value is -4.93. The average molecular weight is 490 g/mol. The van der Waals surface area contributed by atoms with Gasteiger partial charge in [0.25, 0.3) is 0 Å². The molecule has 0 aliphatic heterocycles. The third kappa shape index (κ3) is 4.94. The van der Waals surface area contributed by atoms with Crippen molar-refractivity contribution in [2.24, 2.45) is 0 Å². The summed E-state index contributed by atoms with van der Waals surface area (Å²) in [7, 11) is 0. The van der Waals surface area contributed by atoms with Gasteiger partial charge in [-0.3, -0.25) is 5.10 Å². The van der Waals surface area contributed by atoms with Gasteiger partial charge in [0.05, 0.1) is 22.8 Å². The first-order valence-electron chi connectivity index (χ1n) is 10.6. The first-order chi connectivity index (χ1) is 17.4. The smallest absolute Gasteiger partial charge is 0.416 e. The molecule has 180 valence electrons. The number of carbonyl (C=O) groups is 1. The van der Waals surface area contributed by atoms with Gasteiger partial charge in [0.1, 0.15) is 17.8 Å². The Bertz CT molecular complexity index is 1550. The summed E-state index contributed by atoms with van der Waals surface area (Å²) in [5.41, 5.74) is 1.48. The van der Waals surface area contributed by atoms with Crippen LogP contribution in [-0.4, -0.2) is 26.2 Å². The molecule has 3 aromatic carbocycles. The van der Waals surface area contributed by atoms with Crippen molar-refractivity contribution in [2.45, 2.75) is 6.18 Å². The summed E-state index contributed by atoms with van der Waals surface area (Å²) >= 11 is 0. The molecule has 0 radical (unpaired) electrons. The van der Waals surface area contributed by atoms with Gasteiger partial charge >= 0.3 is 12.2 Å². The van der Waals surface area contributed by atoms with E-state index in [-0.39, 0.29) is 5.69 Å². The van der Waals surface area contributed by atoms with Gasteiger partial charge in [0.2, 0.25) is 0 Å². The minimum atomic E-state index is -4.51. The SMILES string of the molecule is O=C(Nc1cccc(Oc2ccccc2-c2ncnc3[nH]ncc23)c1)Nc1cccc(C(F)(F)F)c1. The van der Waals surface area contributed by atoms with E-state index in [0.29, 0.717) is 34.1 Å². The first-order valence-corrected chi connectivity index (χ1v) is 10.6. The van der Waals surface area contributed by atoms with E-state index in [0.717, 1.165) is 17.5 Å². The highest BCUT2D eigenvalue weighted by molar-refractivity contribution is 6.00. The number of urea groups is 1. The second-order valence-electron chi connectivity index (χ2n) is 7.64. The van der Waals surface area contributed by atoms with Crippen molar-refractivity contribution in [2.75, 3.05) is 10.6 Å². The Morgan fingerprint density at radius 3 is 2.44 bits per heavy atom. The summed E-state index contributed by atoms with van der Waals surface area (Å²) in [5.74, 6) is 0.945. The Morgan fingerprint density at radius 1 is 0.889 bits per heavy atom. The van der Waals surface area contributed by atoms with Gasteiger partial charge in [-0.1, -0.05) is 24.3 Å². The zero-order valence-corrected chi connectivity index (χ0v) is 18.4. The van der Waals surface area contributed by atoms with Crippen molar-refractivity contribution in [3.8, 4) is 22.8 Å². The molecule has 5 aromatic rings. The summed E-state index contributed by atoms with van der Waals surface area (Å²) in [6.45, 7) is 0. The number of rotatable bonds is 5. The number of H-pyrrole nitrogens is 1. The third-order valence-corrected chi connectivity index (χ3v) is 5.16. The maximum Gasteiger partial charge on any atom is 0.416 e. The third-order valence-electron chi connectivity index (χ3n) is 5.16. The van der Waals surface area contributed by atoms with Gasteiger partial charge in [-0.25, -0.2) is 14.8 Å². The summed E-state index contributed by atoms with van der Waals surface area (Å²) in [6, 6.07) is 17.6. The van der Waals surface area contributed by atoms with Crippen LogP contribution in [0.3, 0.4) is 0 Å². The lowest BCUT2D eigenvalue weighted by molar-refractivity contribution is -0.137. The maximum absolute atomic E-state index is 12.9. The van der Waals surface area contributed by atoms with Crippen molar-refractivity contribution in [1.82, 2.24) is 20.2 Å². The highest BCUT2D eigenvalue weighted by Gasteiger charge is 2.30. The van der Waals surface area contributed by atoms with Crippen LogP contribution >= 0.6 is 0 Å². The number of amides is 2. The van der Waals surface area contributed by atoms with Crippen LogP contribution in [0.1, 0.15) is 5.56 Å². The second-order valence-corrected chi connectivity index (χ2v) is 7.64. The fourth-order valence-corrected chi connectivity index (χ4v) is 3.56. The van der Waals surface area contributed by atoms with E-state index in [9.17, 15) is 18.0 Å². The standard InChI is InChI=1S/C25H17F3N6O2/c26-25(27,28)15-5-3-6-16(11-15)32-24(35)33-17-7-4-8-18(12-17)36-21-10-2-1-9-19(21)22-20-13-31-34-23(20)30-14-29-22/h1-14H,(H2,32,33,35)(H,29,30,31,34). The molecule has 0 bridgehead atoms. The van der Waals surface area contributed by atoms with Crippen molar-refractivity contribution in [1.29, 1.82) is 0 Å². The van der Waals surface area contributed by atoms with Crippen LogP contribution in [0.5, 0.6) is 11.5 Å². The van der Waals surface area contributed by atoms with E-state index in [4.69, 9.17) is 4.74 Å². The fraction of sp³-hybridized carbons (Fsp3) is 0.0400. The molecule has 0 spiro atoms. The lowest BCUT2D eigenvalue weighted by atomic mass is 10.1. The molecular weight excluding hydrogens is 473 g/mol. The number of benzene rings is 3. The van der Waals surface area contributed by atoms with Crippen molar-refractivity contribution >= 4 is 28.4 Å². The molecule has 2 amide bonds. The van der Waals surface area contributed by atoms with Crippen LogP contribution in [0.25, 0.3) is 22.3 Å². The quantitative estimate of drug-likeness (QED) is 0.262. The van der Waals surface area contributed by atoms with E-state index < -0.39 is 17.8 Å². The number of aromatic amines is 1. The van der Waals surface area contributed by atoms with Crippen LogP contribution in [0.2, 0.25) is 0 Å². The number of fused-ring (bicyclic) bond motifs is 1. The molecule has 0 atom stereocenters. The van der Waals surface area contributed by atoms with Gasteiger partial charge in [0, 0.05) is 23.0 Å². The molecule has 0 aliphatic rings. The topological polar surface area (TPSA) is 105 Å². The summed E-state index contributed by atoms with van der Waals surface area (Å²) in [5, 5.41) is 12.6. The van der Waals surface area contributed by atoms with Crippen molar-refractivity contribution in [3.05, 3.63) is 90.9 Å². The molecule has 36 heavy (non-hydrogen) atoms. The molecule has 3 N–H and O–H groups in total. The predicted octanol–water partition coefficient (Wildman–Crippen LogP) is 6.48. The second kappa shape index (κ2) is 9.37. The Labute approximate surface area is 202 Å². The van der Waals surface area contributed by atoms with Gasteiger partial charge in [-0.2, -0.15) is 18.3 Å². The molecular formula is C25H17F3N6O2. The summed E-state index contributed by atoms with van der Waals surface area (Å²) < 4.78 is 44.9. The Morgan fingerprint density at radius 2 is 1.64 bits per heavy atom. The fourth-order valence-electron chi connectivity index (χ4n) is 3.56. The largest absolute Gasteiger partial charge is 0.457 e. The van der Waals surface area contributed by atoms with Gasteiger partial charge in [-0.05, 0) is 42.5 Å². The van der Waals surface area contributed by atoms with Gasteiger partial charge in [0.15, 0.2) is 5.65 Å². The molecule has 0 aliphatic carbocycles. The van der Waals surface area contributed by atoms with Crippen LogP contribution in [0.15, 0.2) is 85.3 Å². The number of halogens is 3. The molecule has 0 saturated heterocycles. The highest BCUT2D eigenvalue weighted by atomic mass is 19.4. The molecule has 2 heterocycles. The number of aromatic nitrogens is 4. The van der Waals surface area contributed by atoms with E-state index >= 15 is 0 Å². The minimum Gasteiger partial charge on any atom is -0.457 e. The van der Waals surface area contributed by atoms with E-state index in [1.165, 1.54) is 18.5 Å². The Kier molecular flexibility index (Phi) is 5.95. The number of nitrogens with one attached hydrogen (secondary N) is 3. The number of hydrogen-bond donors (Lipinski definition) is 3. The minimum absolute atomic E-state index is 0.0130. The molecule has 0 fully saturated rings. The lowest BCUT2D eigenvalue weighted by Gasteiger charge is -2.13. The number of anilines is 2. The van der Waals surface area contributed by atoms with Gasteiger partial charge in [-0.15, -0.1) is 0 Å². The van der Waals surface area contributed by atoms with Gasteiger partial charge < -0.3 is 15.4 Å². The average Bonchev–Trinajstić information content (AvgIpc) is 3.33. The summed E-state index contributed by atoms with van der Waals surface area (Å²) in [6.07, 6.45) is -1.44. The Balaban J connectivity index is 1.33. The molecule has 8 nitrogen and oxygen atoms in total. The van der Waals surface area contributed by atoms with Crippen LogP contribution < -0.4 is 15.4 Å². The van der Waals surface area contributed by atoms with Crippen molar-refractivity contribution in [3.63, 3.8) is 0 Å². The lowest BCUT2D eigenvalue weighted by Crippen LogP contribution is -2.19. The zero-order valence-electron chi connectivity index (χ0n) is 18.4. The number of hydrogen-bond acceptors (Lipinski definition) is 5. The molecule has 11 heteroatoms. The number of para-hydroxylation sites is 1. The van der Waals surface area contributed by atoms with Crippen LogP contribution in [0.4, 0.5) is 29.3 Å².